The van der Waals surface area contributed by atoms with Crippen molar-refractivity contribution in [3.05, 3.63) is 46.4 Å². The van der Waals surface area contributed by atoms with E-state index in [0.717, 1.165) is 6.07 Å². The van der Waals surface area contributed by atoms with Crippen LogP contribution >= 0.6 is 0 Å². The molecule has 0 saturated carbocycles. The minimum absolute atomic E-state index is 0.0553. The quantitative estimate of drug-likeness (QED) is 0.610. The molecule has 4 heterocycles. The van der Waals surface area contributed by atoms with Crippen molar-refractivity contribution in [1.29, 1.82) is 0 Å². The summed E-state index contributed by atoms with van der Waals surface area (Å²) in [6.07, 6.45) is -1.34. The summed E-state index contributed by atoms with van der Waals surface area (Å²) in [7, 11) is 0. The highest BCUT2D eigenvalue weighted by molar-refractivity contribution is 6.00. The van der Waals surface area contributed by atoms with Crippen LogP contribution in [0.25, 0.3) is 16.6 Å². The van der Waals surface area contributed by atoms with Crippen LogP contribution in [0.4, 0.5) is 8.78 Å². The third-order valence-corrected chi connectivity index (χ3v) is 5.53. The monoisotopic (exact) mass is 444 g/mol. The summed E-state index contributed by atoms with van der Waals surface area (Å²) in [5.74, 6) is -0.666. The molecular weight excluding hydrogens is 426 g/mol. The molecule has 1 N–H and O–H groups in total. The van der Waals surface area contributed by atoms with Gasteiger partial charge in [-0.2, -0.15) is 0 Å². The molecule has 3 aromatic rings. The number of alkyl halides is 2. The highest BCUT2D eigenvalue weighted by Gasteiger charge is 2.43. The molecule has 2 aliphatic heterocycles. The number of carbonyl (C=O) groups excluding carboxylic acids is 2. The van der Waals surface area contributed by atoms with Gasteiger partial charge in [-0.25, -0.2) is 4.98 Å². The number of ether oxygens (including phenoxy) is 2. The summed E-state index contributed by atoms with van der Waals surface area (Å²) in [6, 6.07) is 5.42. The Morgan fingerprint density at radius 3 is 2.62 bits per heavy atom. The molecule has 1 aromatic carbocycles. The number of nitrogens with zero attached hydrogens (tertiary/aromatic N) is 3. The minimum atomic E-state index is -3.82. The number of carbonyl (C=O) groups is 2. The van der Waals surface area contributed by atoms with Crippen molar-refractivity contribution >= 4 is 28.2 Å². The van der Waals surface area contributed by atoms with Gasteiger partial charge in [-0.15, -0.1) is 8.78 Å². The number of piperidine rings is 1. The van der Waals surface area contributed by atoms with Crippen LogP contribution in [-0.2, 0) is 4.79 Å². The van der Waals surface area contributed by atoms with Crippen LogP contribution in [0.1, 0.15) is 23.2 Å². The molecular formula is C21H18F2N4O5. The van der Waals surface area contributed by atoms with E-state index >= 15 is 0 Å². The van der Waals surface area contributed by atoms with E-state index in [2.05, 4.69) is 24.7 Å². The number of ketones is 1. The zero-order valence-corrected chi connectivity index (χ0v) is 16.8. The number of aromatic nitrogens is 2. The summed E-state index contributed by atoms with van der Waals surface area (Å²) in [6.45, 7) is 2.29. The fraction of sp³-hybridized carbons (Fsp3) is 0.333. The van der Waals surface area contributed by atoms with E-state index in [0.29, 0.717) is 39.0 Å². The molecule has 1 amide bonds. The van der Waals surface area contributed by atoms with Crippen LogP contribution in [0.3, 0.4) is 0 Å². The van der Waals surface area contributed by atoms with E-state index in [9.17, 15) is 23.2 Å². The number of benzene rings is 1. The van der Waals surface area contributed by atoms with Gasteiger partial charge >= 0.3 is 6.29 Å². The summed E-state index contributed by atoms with van der Waals surface area (Å²) < 4.78 is 36.8. The van der Waals surface area contributed by atoms with Crippen LogP contribution in [-0.4, -0.2) is 58.4 Å². The first-order valence-electron chi connectivity index (χ1n) is 10.1. The normalized spacial score (nSPS) is 17.8. The molecule has 166 valence electrons. The maximum Gasteiger partial charge on any atom is 0.586 e. The molecule has 1 saturated heterocycles. The van der Waals surface area contributed by atoms with Crippen molar-refractivity contribution < 1.29 is 27.8 Å². The lowest BCUT2D eigenvalue weighted by molar-refractivity contribution is -0.286. The van der Waals surface area contributed by atoms with Gasteiger partial charge in [0, 0.05) is 51.3 Å². The number of amides is 1. The topological polar surface area (TPSA) is 102 Å². The molecule has 0 atom stereocenters. The fourth-order valence-electron chi connectivity index (χ4n) is 3.90. The smallest absolute Gasteiger partial charge is 0.395 e. The van der Waals surface area contributed by atoms with E-state index in [1.54, 1.807) is 0 Å². The average molecular weight is 444 g/mol. The molecule has 0 unspecified atom stereocenters. The molecule has 0 spiro atoms. The number of hydrogen-bond acceptors (Lipinski definition) is 7. The molecule has 11 heteroatoms. The lowest BCUT2D eigenvalue weighted by atomic mass is 10.1. The number of pyridine rings is 1. The minimum Gasteiger partial charge on any atom is -0.395 e. The zero-order valence-electron chi connectivity index (χ0n) is 16.8. The standard InChI is InChI=1S/C21H18F2N4O5/c22-21(23)31-16-10-14-15(11-17(16)32-21)25-18-13(2-1-6-27(18)20(14)30)19(29)24-5-9-26-7-3-12(28)4-8-26/h1-2,6,10-11H,3-5,7-9H2,(H,24,29). The molecule has 32 heavy (non-hydrogen) atoms. The fourth-order valence-corrected chi connectivity index (χ4v) is 3.90. The summed E-state index contributed by atoms with van der Waals surface area (Å²) >= 11 is 0. The van der Waals surface area contributed by atoms with E-state index in [1.807, 2.05) is 0 Å². The number of rotatable bonds is 4. The molecule has 2 aliphatic rings. The van der Waals surface area contributed by atoms with Crippen molar-refractivity contribution in [3.8, 4) is 11.5 Å². The maximum absolute atomic E-state index is 13.4. The Kier molecular flexibility index (Phi) is 4.77. The van der Waals surface area contributed by atoms with Crippen molar-refractivity contribution in [2.45, 2.75) is 19.1 Å². The molecule has 0 radical (unpaired) electrons. The van der Waals surface area contributed by atoms with Gasteiger partial charge in [-0.1, -0.05) is 0 Å². The van der Waals surface area contributed by atoms with Gasteiger partial charge in [0.1, 0.15) is 5.78 Å². The second kappa shape index (κ2) is 7.52. The van der Waals surface area contributed by atoms with Crippen molar-refractivity contribution in [2.24, 2.45) is 0 Å². The number of halogens is 2. The van der Waals surface area contributed by atoms with Crippen LogP contribution < -0.4 is 20.3 Å². The zero-order chi connectivity index (χ0) is 22.5. The first-order valence-corrected chi connectivity index (χ1v) is 10.1. The summed E-state index contributed by atoms with van der Waals surface area (Å²) in [5.41, 5.74) is -0.160. The Bertz CT molecular complexity index is 1310. The predicted molar refractivity (Wildman–Crippen MR) is 108 cm³/mol. The lowest BCUT2D eigenvalue weighted by Gasteiger charge is -2.25. The van der Waals surface area contributed by atoms with Crippen molar-refractivity contribution in [1.82, 2.24) is 19.6 Å². The predicted octanol–water partition coefficient (Wildman–Crippen LogP) is 1.56. The molecule has 2 aromatic heterocycles. The van der Waals surface area contributed by atoms with E-state index in [-0.39, 0.29) is 39.4 Å². The summed E-state index contributed by atoms with van der Waals surface area (Å²) in [4.78, 5) is 43.5. The third kappa shape index (κ3) is 3.64. The van der Waals surface area contributed by atoms with Gasteiger partial charge in [-0.05, 0) is 18.2 Å². The van der Waals surface area contributed by atoms with Crippen LogP contribution in [0.15, 0.2) is 35.3 Å². The van der Waals surface area contributed by atoms with Crippen LogP contribution in [0.5, 0.6) is 11.5 Å². The first-order chi connectivity index (χ1) is 15.3. The SMILES string of the molecule is O=C1CCN(CCNC(=O)c2cccn3c(=O)c4cc5c(cc4nc23)OC(F)(F)O5)CC1. The molecule has 0 bridgehead atoms. The number of likely N-dealkylation sites (tertiary alicyclic amines) is 1. The number of Topliss-reactive ketones (excluding diaryl/α,β-unsaturated/α-hetero) is 1. The number of fused-ring (bicyclic) bond motifs is 3. The lowest BCUT2D eigenvalue weighted by Crippen LogP contribution is -2.39. The average Bonchev–Trinajstić information content (AvgIpc) is 3.06. The van der Waals surface area contributed by atoms with Gasteiger partial charge < -0.3 is 19.7 Å². The van der Waals surface area contributed by atoms with Gasteiger partial charge in [0.2, 0.25) is 0 Å². The summed E-state index contributed by atoms with van der Waals surface area (Å²) in [5, 5.41) is 2.86. The second-order valence-corrected chi connectivity index (χ2v) is 7.65. The van der Waals surface area contributed by atoms with Gasteiger partial charge in [0.15, 0.2) is 17.1 Å². The Morgan fingerprint density at radius 2 is 1.88 bits per heavy atom. The second-order valence-electron chi connectivity index (χ2n) is 7.65. The number of hydrogen-bond donors (Lipinski definition) is 1. The Hall–Kier alpha value is -3.60. The van der Waals surface area contributed by atoms with E-state index < -0.39 is 17.8 Å². The largest absolute Gasteiger partial charge is 0.586 e. The third-order valence-electron chi connectivity index (χ3n) is 5.53. The van der Waals surface area contributed by atoms with Crippen LogP contribution in [0, 0.1) is 0 Å². The maximum atomic E-state index is 13.4. The van der Waals surface area contributed by atoms with Gasteiger partial charge in [-0.3, -0.25) is 18.8 Å². The Balaban J connectivity index is 1.43. The highest BCUT2D eigenvalue weighted by atomic mass is 19.3. The first kappa shape index (κ1) is 20.3. The van der Waals surface area contributed by atoms with Crippen LogP contribution in [0.2, 0.25) is 0 Å². The molecule has 0 aliphatic carbocycles. The molecule has 1 fully saturated rings. The van der Waals surface area contributed by atoms with Gasteiger partial charge in [0.05, 0.1) is 16.5 Å². The van der Waals surface area contributed by atoms with E-state index in [1.165, 1.54) is 28.8 Å². The van der Waals surface area contributed by atoms with Crippen molar-refractivity contribution in [2.75, 3.05) is 26.2 Å². The highest BCUT2D eigenvalue weighted by Crippen LogP contribution is 2.42. The molecule has 9 nitrogen and oxygen atoms in total. The van der Waals surface area contributed by atoms with Crippen molar-refractivity contribution in [3.63, 3.8) is 0 Å². The van der Waals surface area contributed by atoms with Gasteiger partial charge in [0.25, 0.3) is 11.5 Å². The van der Waals surface area contributed by atoms with E-state index in [4.69, 9.17) is 0 Å². The molecule has 5 rings (SSSR count). The number of nitrogens with one attached hydrogen (secondary N) is 1. The Morgan fingerprint density at radius 1 is 1.16 bits per heavy atom. The Labute approximate surface area is 179 Å².